The lowest BCUT2D eigenvalue weighted by atomic mass is 10.2. The molecule has 2 rings (SSSR count). The van der Waals surface area contributed by atoms with Gasteiger partial charge in [-0.2, -0.15) is 0 Å². The van der Waals surface area contributed by atoms with Crippen LogP contribution in [0.4, 0.5) is 4.79 Å². The van der Waals surface area contributed by atoms with Gasteiger partial charge in [-0.25, -0.2) is 4.79 Å². The molecule has 3 amide bonds. The average Bonchev–Trinajstić information content (AvgIpc) is 2.60. The number of amides is 3. The van der Waals surface area contributed by atoms with E-state index in [0.717, 1.165) is 12.0 Å². The van der Waals surface area contributed by atoms with Gasteiger partial charge in [0.1, 0.15) is 0 Å². The number of nitrogens with zero attached hydrogens (tertiary/aromatic N) is 3. The van der Waals surface area contributed by atoms with Crippen LogP contribution in [0.25, 0.3) is 0 Å². The number of hydrogen-bond acceptors (Lipinski definition) is 4. The highest BCUT2D eigenvalue weighted by molar-refractivity contribution is 5.94. The summed E-state index contributed by atoms with van der Waals surface area (Å²) in [5.41, 5.74) is 2.22. The molecule has 126 valence electrons. The van der Waals surface area contributed by atoms with Gasteiger partial charge in [0.2, 0.25) is 0 Å². The van der Waals surface area contributed by atoms with E-state index in [1.807, 2.05) is 12.1 Å². The summed E-state index contributed by atoms with van der Waals surface area (Å²) in [5.74, 6) is -0.165. The quantitative estimate of drug-likeness (QED) is 0.835. The summed E-state index contributed by atoms with van der Waals surface area (Å²) in [6.07, 6.45) is 5.78. The Bertz CT molecular complexity index is 688. The second-order valence-corrected chi connectivity index (χ2v) is 5.46. The van der Waals surface area contributed by atoms with Crippen molar-refractivity contribution in [2.45, 2.75) is 13.0 Å². The Hall–Kier alpha value is -2.96. The number of hydrogen-bond donors (Lipinski definition) is 2. The van der Waals surface area contributed by atoms with Crippen LogP contribution in [0, 0.1) is 0 Å². The molecule has 7 heteroatoms. The zero-order valence-electron chi connectivity index (χ0n) is 13.8. The molecule has 0 radical (unpaired) electrons. The molecule has 7 nitrogen and oxygen atoms in total. The van der Waals surface area contributed by atoms with Crippen LogP contribution in [0.3, 0.4) is 0 Å². The van der Waals surface area contributed by atoms with Crippen molar-refractivity contribution in [3.63, 3.8) is 0 Å². The third-order valence-electron chi connectivity index (χ3n) is 3.33. The molecule has 0 aliphatic heterocycles. The van der Waals surface area contributed by atoms with Crippen molar-refractivity contribution < 1.29 is 9.59 Å². The summed E-state index contributed by atoms with van der Waals surface area (Å²) >= 11 is 0. The Balaban J connectivity index is 1.85. The zero-order valence-corrected chi connectivity index (χ0v) is 13.8. The topological polar surface area (TPSA) is 87.2 Å². The first kappa shape index (κ1) is 17.4. The van der Waals surface area contributed by atoms with E-state index in [2.05, 4.69) is 20.6 Å². The van der Waals surface area contributed by atoms with Crippen molar-refractivity contribution in [2.24, 2.45) is 0 Å². The van der Waals surface area contributed by atoms with E-state index < -0.39 is 0 Å². The van der Waals surface area contributed by atoms with Gasteiger partial charge in [0, 0.05) is 44.8 Å². The van der Waals surface area contributed by atoms with E-state index in [1.165, 1.54) is 4.90 Å². The van der Waals surface area contributed by atoms with Crippen molar-refractivity contribution >= 4 is 11.9 Å². The van der Waals surface area contributed by atoms with Gasteiger partial charge in [0.05, 0.1) is 12.2 Å². The highest BCUT2D eigenvalue weighted by Gasteiger charge is 2.08. The van der Waals surface area contributed by atoms with Crippen LogP contribution >= 0.6 is 0 Å². The zero-order chi connectivity index (χ0) is 17.4. The summed E-state index contributed by atoms with van der Waals surface area (Å²) < 4.78 is 0. The van der Waals surface area contributed by atoms with E-state index in [-0.39, 0.29) is 18.5 Å². The van der Waals surface area contributed by atoms with Gasteiger partial charge >= 0.3 is 6.03 Å². The number of aromatic nitrogens is 2. The third-order valence-corrected chi connectivity index (χ3v) is 3.33. The molecule has 0 spiro atoms. The van der Waals surface area contributed by atoms with Gasteiger partial charge in [-0.1, -0.05) is 6.07 Å². The predicted octanol–water partition coefficient (Wildman–Crippen LogP) is 1.22. The molecular formula is C17H21N5O2. The summed E-state index contributed by atoms with van der Waals surface area (Å²) in [5, 5.41) is 5.58. The van der Waals surface area contributed by atoms with E-state index in [1.54, 1.807) is 44.8 Å². The number of rotatable bonds is 6. The predicted molar refractivity (Wildman–Crippen MR) is 90.4 cm³/mol. The van der Waals surface area contributed by atoms with Crippen molar-refractivity contribution in [1.29, 1.82) is 0 Å². The highest BCUT2D eigenvalue weighted by atomic mass is 16.2. The minimum Gasteiger partial charge on any atom is -0.352 e. The van der Waals surface area contributed by atoms with E-state index in [4.69, 9.17) is 0 Å². The monoisotopic (exact) mass is 327 g/mol. The van der Waals surface area contributed by atoms with Crippen LogP contribution in [0.2, 0.25) is 0 Å². The van der Waals surface area contributed by atoms with E-state index in [9.17, 15) is 9.59 Å². The average molecular weight is 327 g/mol. The van der Waals surface area contributed by atoms with Crippen LogP contribution in [0.5, 0.6) is 0 Å². The molecule has 0 saturated carbocycles. The second kappa shape index (κ2) is 8.61. The van der Waals surface area contributed by atoms with E-state index in [0.29, 0.717) is 17.8 Å². The smallest absolute Gasteiger partial charge is 0.317 e. The number of urea groups is 1. The maximum atomic E-state index is 12.2. The molecule has 0 aliphatic rings. The molecule has 0 fully saturated rings. The molecule has 0 aromatic carbocycles. The molecule has 2 heterocycles. The first-order valence-corrected chi connectivity index (χ1v) is 7.63. The van der Waals surface area contributed by atoms with Crippen molar-refractivity contribution in [3.05, 3.63) is 59.7 Å². The van der Waals surface area contributed by atoms with Gasteiger partial charge in [0.15, 0.2) is 0 Å². The number of carbonyl (C=O) groups is 2. The summed E-state index contributed by atoms with van der Waals surface area (Å²) in [6, 6.07) is 6.96. The molecule has 24 heavy (non-hydrogen) atoms. The molecule has 0 saturated heterocycles. The highest BCUT2D eigenvalue weighted by Crippen LogP contribution is 2.03. The second-order valence-electron chi connectivity index (χ2n) is 5.46. The van der Waals surface area contributed by atoms with E-state index >= 15 is 0 Å². The fourth-order valence-electron chi connectivity index (χ4n) is 2.01. The van der Waals surface area contributed by atoms with Crippen LogP contribution < -0.4 is 10.6 Å². The Morgan fingerprint density at radius 2 is 2.00 bits per heavy atom. The fraction of sp³-hybridized carbons (Fsp3) is 0.294. The minimum absolute atomic E-state index is 0.165. The summed E-state index contributed by atoms with van der Waals surface area (Å²) in [4.78, 5) is 33.3. The first-order valence-electron chi connectivity index (χ1n) is 7.63. The normalized spacial score (nSPS) is 10.1. The van der Waals surface area contributed by atoms with Crippen molar-refractivity contribution in [3.8, 4) is 0 Å². The lowest BCUT2D eigenvalue weighted by molar-refractivity contribution is 0.0954. The molecular weight excluding hydrogens is 306 g/mol. The van der Waals surface area contributed by atoms with Crippen LogP contribution in [0.15, 0.2) is 42.9 Å². The van der Waals surface area contributed by atoms with Gasteiger partial charge in [0.25, 0.3) is 5.91 Å². The Labute approximate surface area is 141 Å². The van der Waals surface area contributed by atoms with Gasteiger partial charge < -0.3 is 15.5 Å². The number of nitrogens with one attached hydrogen (secondary N) is 2. The lowest BCUT2D eigenvalue weighted by Gasteiger charge is -2.12. The summed E-state index contributed by atoms with van der Waals surface area (Å²) in [6.45, 7) is 0.799. The Kier molecular flexibility index (Phi) is 6.24. The van der Waals surface area contributed by atoms with Crippen LogP contribution in [0.1, 0.15) is 21.6 Å². The summed E-state index contributed by atoms with van der Waals surface area (Å²) in [7, 11) is 3.32. The largest absolute Gasteiger partial charge is 0.352 e. The van der Waals surface area contributed by atoms with Crippen molar-refractivity contribution in [2.75, 3.05) is 20.6 Å². The van der Waals surface area contributed by atoms with Gasteiger partial charge in [-0.15, -0.1) is 0 Å². The number of pyridine rings is 2. The number of carbonyl (C=O) groups excluding carboxylic acids is 2. The van der Waals surface area contributed by atoms with Crippen molar-refractivity contribution in [1.82, 2.24) is 25.5 Å². The first-order chi connectivity index (χ1) is 11.6. The van der Waals surface area contributed by atoms with Crippen LogP contribution in [-0.2, 0) is 13.0 Å². The fourth-order valence-corrected chi connectivity index (χ4v) is 2.01. The maximum absolute atomic E-state index is 12.2. The van der Waals surface area contributed by atoms with Crippen LogP contribution in [-0.4, -0.2) is 47.4 Å². The molecule has 0 aliphatic carbocycles. The standard InChI is InChI=1S/C17H21N5O2/c1-22(2)17(24)21-12-15-10-14(6-9-19-15)16(23)20-8-5-13-4-3-7-18-11-13/h3-4,6-7,9-11H,5,8,12H2,1-2H3,(H,20,23)(H,21,24). The Morgan fingerprint density at radius 3 is 2.71 bits per heavy atom. The lowest BCUT2D eigenvalue weighted by Crippen LogP contribution is -2.34. The SMILES string of the molecule is CN(C)C(=O)NCc1cc(C(=O)NCCc2cccnc2)ccn1. The Morgan fingerprint density at radius 1 is 1.17 bits per heavy atom. The molecule has 0 unspecified atom stereocenters. The minimum atomic E-state index is -0.205. The maximum Gasteiger partial charge on any atom is 0.317 e. The molecule has 0 atom stereocenters. The molecule has 2 aromatic rings. The van der Waals surface area contributed by atoms with Gasteiger partial charge in [-0.3, -0.25) is 14.8 Å². The van der Waals surface area contributed by atoms with Gasteiger partial charge in [-0.05, 0) is 30.2 Å². The molecule has 2 aromatic heterocycles. The third kappa shape index (κ3) is 5.35. The molecule has 2 N–H and O–H groups in total. The molecule has 0 bridgehead atoms.